The molecule has 1 heterocycles. The molecule has 0 spiro atoms. The minimum absolute atomic E-state index is 0.401. The van der Waals surface area contributed by atoms with Gasteiger partial charge in [-0.3, -0.25) is 0 Å². The van der Waals surface area contributed by atoms with E-state index in [-0.39, 0.29) is 0 Å². The summed E-state index contributed by atoms with van der Waals surface area (Å²) < 4.78 is 0. The van der Waals surface area contributed by atoms with Crippen molar-refractivity contribution in [3.8, 4) is 0 Å². The summed E-state index contributed by atoms with van der Waals surface area (Å²) in [6.07, 6.45) is 3.65. The maximum Gasteiger partial charge on any atom is 0.0324 e. The predicted molar refractivity (Wildman–Crippen MR) is 77.3 cm³/mol. The second kappa shape index (κ2) is 7.14. The highest BCUT2D eigenvalue weighted by atomic mass is 32.1. The highest BCUT2D eigenvalue weighted by Gasteiger charge is 2.16. The molecule has 0 fully saturated rings. The molecule has 0 amide bonds. The second-order valence-corrected chi connectivity index (χ2v) is 6.66. The molecular weight excluding hydrogens is 228 g/mol. The number of hydrogen-bond acceptors (Lipinski definition) is 3. The fourth-order valence-corrected chi connectivity index (χ4v) is 2.87. The fourth-order valence-electron chi connectivity index (χ4n) is 2.09. The van der Waals surface area contributed by atoms with E-state index in [1.807, 2.05) is 11.3 Å². The molecule has 2 nitrogen and oxygen atoms in total. The number of nitrogens with two attached hydrogens (primary N) is 1. The lowest BCUT2D eigenvalue weighted by Gasteiger charge is -2.25. The minimum Gasteiger partial charge on any atom is -0.330 e. The van der Waals surface area contributed by atoms with E-state index in [0.717, 1.165) is 19.5 Å². The van der Waals surface area contributed by atoms with Gasteiger partial charge in [0.25, 0.3) is 0 Å². The maximum atomic E-state index is 5.63. The molecule has 0 bridgehead atoms. The molecule has 1 aromatic rings. The van der Waals surface area contributed by atoms with Gasteiger partial charge in [-0.1, -0.05) is 19.9 Å². The van der Waals surface area contributed by atoms with Crippen LogP contribution in [-0.4, -0.2) is 25.0 Å². The summed E-state index contributed by atoms with van der Waals surface area (Å²) in [5, 5.41) is 2.15. The van der Waals surface area contributed by atoms with Gasteiger partial charge in [0.05, 0.1) is 0 Å². The van der Waals surface area contributed by atoms with E-state index < -0.39 is 0 Å². The van der Waals surface area contributed by atoms with Crippen molar-refractivity contribution in [2.75, 3.05) is 20.1 Å². The van der Waals surface area contributed by atoms with Crippen LogP contribution in [0.4, 0.5) is 0 Å². The van der Waals surface area contributed by atoms with E-state index in [4.69, 9.17) is 5.73 Å². The molecule has 0 aromatic carbocycles. The average molecular weight is 254 g/mol. The molecule has 0 atom stereocenters. The summed E-state index contributed by atoms with van der Waals surface area (Å²) in [7, 11) is 2.20. The molecule has 0 saturated carbocycles. The van der Waals surface area contributed by atoms with Gasteiger partial charge in [-0.25, -0.2) is 0 Å². The van der Waals surface area contributed by atoms with Crippen LogP contribution in [-0.2, 0) is 6.54 Å². The molecule has 0 radical (unpaired) electrons. The van der Waals surface area contributed by atoms with Crippen LogP contribution in [0.5, 0.6) is 0 Å². The topological polar surface area (TPSA) is 29.3 Å². The lowest BCUT2D eigenvalue weighted by molar-refractivity contribution is 0.260. The number of hydrogen-bond donors (Lipinski definition) is 1. The van der Waals surface area contributed by atoms with Gasteiger partial charge in [0.2, 0.25) is 0 Å². The average Bonchev–Trinajstić information content (AvgIpc) is 2.69. The Morgan fingerprint density at radius 1 is 1.35 bits per heavy atom. The third kappa shape index (κ3) is 6.20. The van der Waals surface area contributed by atoms with E-state index >= 15 is 0 Å². The van der Waals surface area contributed by atoms with Gasteiger partial charge in [-0.2, -0.15) is 0 Å². The first-order chi connectivity index (χ1) is 8.03. The number of nitrogens with zero attached hydrogens (tertiary/aromatic N) is 1. The number of thiophene rings is 1. The van der Waals surface area contributed by atoms with Crippen LogP contribution >= 0.6 is 11.3 Å². The van der Waals surface area contributed by atoms with Gasteiger partial charge in [0.15, 0.2) is 0 Å². The summed E-state index contributed by atoms with van der Waals surface area (Å²) in [6.45, 7) is 7.69. The molecule has 0 aliphatic heterocycles. The predicted octanol–water partition coefficient (Wildman–Crippen LogP) is 3.34. The zero-order valence-electron chi connectivity index (χ0n) is 11.4. The monoisotopic (exact) mass is 254 g/mol. The summed E-state index contributed by atoms with van der Waals surface area (Å²) in [5.41, 5.74) is 6.03. The highest BCUT2D eigenvalue weighted by molar-refractivity contribution is 7.09. The first kappa shape index (κ1) is 14.7. The summed E-state index contributed by atoms with van der Waals surface area (Å²) >= 11 is 1.84. The summed E-state index contributed by atoms with van der Waals surface area (Å²) in [5.74, 6) is 0. The Morgan fingerprint density at radius 3 is 2.71 bits per heavy atom. The van der Waals surface area contributed by atoms with Gasteiger partial charge >= 0.3 is 0 Å². The van der Waals surface area contributed by atoms with Gasteiger partial charge in [-0.15, -0.1) is 11.3 Å². The van der Waals surface area contributed by atoms with E-state index in [0.29, 0.717) is 5.41 Å². The molecule has 0 aliphatic carbocycles. The molecule has 0 aliphatic rings. The largest absolute Gasteiger partial charge is 0.330 e. The first-order valence-electron chi connectivity index (χ1n) is 6.44. The van der Waals surface area contributed by atoms with Crippen molar-refractivity contribution in [3.05, 3.63) is 22.4 Å². The Labute approximate surface area is 110 Å². The van der Waals surface area contributed by atoms with Crippen molar-refractivity contribution in [1.82, 2.24) is 4.90 Å². The van der Waals surface area contributed by atoms with Crippen LogP contribution in [0.15, 0.2) is 17.5 Å². The molecule has 2 N–H and O–H groups in total. The quantitative estimate of drug-likeness (QED) is 0.771. The van der Waals surface area contributed by atoms with Crippen LogP contribution in [0, 0.1) is 5.41 Å². The minimum atomic E-state index is 0.401. The van der Waals surface area contributed by atoms with Gasteiger partial charge in [-0.05, 0) is 56.3 Å². The molecule has 0 saturated heterocycles. The summed E-state index contributed by atoms with van der Waals surface area (Å²) in [4.78, 5) is 3.86. The van der Waals surface area contributed by atoms with E-state index in [1.54, 1.807) is 0 Å². The Bertz CT molecular complexity index is 293. The number of rotatable bonds is 8. The maximum absolute atomic E-state index is 5.63. The Kier molecular flexibility index (Phi) is 6.17. The first-order valence-corrected chi connectivity index (χ1v) is 7.32. The van der Waals surface area contributed by atoms with Gasteiger partial charge < -0.3 is 10.6 Å². The van der Waals surface area contributed by atoms with E-state index in [1.165, 1.54) is 24.3 Å². The zero-order valence-corrected chi connectivity index (χ0v) is 12.2. The fraction of sp³-hybridized carbons (Fsp3) is 0.714. The second-order valence-electron chi connectivity index (χ2n) is 5.62. The molecule has 98 valence electrons. The van der Waals surface area contributed by atoms with Crippen LogP contribution in [0.3, 0.4) is 0 Å². The molecular formula is C14H26N2S. The van der Waals surface area contributed by atoms with Gasteiger partial charge in [0, 0.05) is 11.4 Å². The zero-order chi connectivity index (χ0) is 12.7. The van der Waals surface area contributed by atoms with Crippen molar-refractivity contribution >= 4 is 11.3 Å². The van der Waals surface area contributed by atoms with Crippen LogP contribution < -0.4 is 5.73 Å². The van der Waals surface area contributed by atoms with Crippen LogP contribution in [0.1, 0.15) is 38.0 Å². The summed E-state index contributed by atoms with van der Waals surface area (Å²) in [6, 6.07) is 4.33. The molecule has 1 aromatic heterocycles. The Hall–Kier alpha value is -0.380. The SMILES string of the molecule is CN(CCCC(C)(C)CCN)Cc1cccs1. The Balaban J connectivity index is 2.18. The highest BCUT2D eigenvalue weighted by Crippen LogP contribution is 2.26. The van der Waals surface area contributed by atoms with Crippen molar-refractivity contribution in [3.63, 3.8) is 0 Å². The van der Waals surface area contributed by atoms with Gasteiger partial charge in [0.1, 0.15) is 0 Å². The standard InChI is InChI=1S/C14H26N2S/c1-14(2,8-9-15)7-5-10-16(3)12-13-6-4-11-17-13/h4,6,11H,5,7-10,12,15H2,1-3H3. The van der Waals surface area contributed by atoms with Crippen molar-refractivity contribution in [2.45, 2.75) is 39.7 Å². The third-order valence-corrected chi connectivity index (χ3v) is 4.08. The molecule has 17 heavy (non-hydrogen) atoms. The van der Waals surface area contributed by atoms with Crippen molar-refractivity contribution in [2.24, 2.45) is 11.1 Å². The van der Waals surface area contributed by atoms with Crippen molar-refractivity contribution < 1.29 is 0 Å². The van der Waals surface area contributed by atoms with Crippen LogP contribution in [0.2, 0.25) is 0 Å². The normalized spacial score (nSPS) is 12.3. The molecule has 0 unspecified atom stereocenters. The Morgan fingerprint density at radius 2 is 2.12 bits per heavy atom. The third-order valence-electron chi connectivity index (χ3n) is 3.22. The molecule has 1 rings (SSSR count). The lowest BCUT2D eigenvalue weighted by atomic mass is 9.84. The van der Waals surface area contributed by atoms with Crippen LogP contribution in [0.25, 0.3) is 0 Å². The van der Waals surface area contributed by atoms with E-state index in [9.17, 15) is 0 Å². The lowest BCUT2D eigenvalue weighted by Crippen LogP contribution is -2.22. The van der Waals surface area contributed by atoms with E-state index in [2.05, 4.69) is 43.3 Å². The molecule has 3 heteroatoms. The smallest absolute Gasteiger partial charge is 0.0324 e. The van der Waals surface area contributed by atoms with Crippen molar-refractivity contribution in [1.29, 1.82) is 0 Å².